The summed E-state index contributed by atoms with van der Waals surface area (Å²) in [6.45, 7) is 2.65. The maximum Gasteiger partial charge on any atom is 0.214 e. The topological polar surface area (TPSA) is 83.5 Å². The molecular formula is C23H29N3O3. The van der Waals surface area contributed by atoms with Crippen LogP contribution in [0.4, 0.5) is 0 Å². The van der Waals surface area contributed by atoms with Crippen molar-refractivity contribution in [1.29, 1.82) is 0 Å². The maximum atomic E-state index is 12.6. The molecule has 0 amide bonds. The number of ketones is 1. The second-order valence-electron chi connectivity index (χ2n) is 7.94. The van der Waals surface area contributed by atoms with Gasteiger partial charge in [0.05, 0.1) is 6.10 Å². The van der Waals surface area contributed by atoms with E-state index in [1.807, 2.05) is 12.1 Å². The summed E-state index contributed by atoms with van der Waals surface area (Å²) in [5.74, 6) is 0.520. The number of aliphatic hydroxyl groups excluding tert-OH is 1. The van der Waals surface area contributed by atoms with Crippen molar-refractivity contribution < 1.29 is 14.6 Å². The van der Waals surface area contributed by atoms with Crippen LogP contribution in [0.3, 0.4) is 0 Å². The second-order valence-corrected chi connectivity index (χ2v) is 7.94. The molecule has 154 valence electrons. The Hall–Kier alpha value is -2.28. The zero-order valence-electron chi connectivity index (χ0n) is 16.6. The summed E-state index contributed by atoms with van der Waals surface area (Å²) in [6.07, 6.45) is 4.64. The van der Waals surface area contributed by atoms with Gasteiger partial charge in [-0.1, -0.05) is 24.3 Å². The van der Waals surface area contributed by atoms with E-state index in [4.69, 9.17) is 4.74 Å². The highest BCUT2D eigenvalue weighted by molar-refractivity contribution is 5.96. The molecule has 2 aromatic rings. The lowest BCUT2D eigenvalue weighted by Crippen LogP contribution is -2.44. The predicted octanol–water partition coefficient (Wildman–Crippen LogP) is 2.25. The summed E-state index contributed by atoms with van der Waals surface area (Å²) in [6, 6.07) is 11.7. The van der Waals surface area contributed by atoms with Crippen molar-refractivity contribution in [3.63, 3.8) is 0 Å². The molecule has 2 aliphatic rings. The van der Waals surface area contributed by atoms with Gasteiger partial charge in [0.2, 0.25) is 5.88 Å². The van der Waals surface area contributed by atoms with Crippen LogP contribution in [-0.4, -0.2) is 47.2 Å². The quantitative estimate of drug-likeness (QED) is 0.624. The zero-order valence-corrected chi connectivity index (χ0v) is 16.6. The lowest BCUT2D eigenvalue weighted by molar-refractivity contribution is 0.0876. The molecule has 1 aromatic carbocycles. The summed E-state index contributed by atoms with van der Waals surface area (Å²) in [4.78, 5) is 16.9. The lowest BCUT2D eigenvalue weighted by atomic mass is 9.91. The number of aromatic nitrogens is 1. The van der Waals surface area contributed by atoms with Crippen molar-refractivity contribution in [3.05, 3.63) is 59.3 Å². The molecule has 29 heavy (non-hydrogen) atoms. The predicted molar refractivity (Wildman–Crippen MR) is 111 cm³/mol. The minimum Gasteiger partial charge on any atom is -0.474 e. The average Bonchev–Trinajstić information content (AvgIpc) is 2.77. The van der Waals surface area contributed by atoms with Gasteiger partial charge in [0.1, 0.15) is 6.10 Å². The number of nitrogens with zero attached hydrogens (tertiary/aromatic N) is 1. The van der Waals surface area contributed by atoms with E-state index in [0.29, 0.717) is 24.3 Å². The zero-order chi connectivity index (χ0) is 20.1. The molecule has 6 heteroatoms. The third-order valence-corrected chi connectivity index (χ3v) is 5.87. The first-order valence-electron chi connectivity index (χ1n) is 10.5. The van der Waals surface area contributed by atoms with Gasteiger partial charge < -0.3 is 20.5 Å². The standard InChI is InChI=1S/C23H29N3O3/c27-21(17-7-12-25-23(14-17)29-19-8-10-24-11-9-19)5-6-22(28)20-13-16-3-1-2-4-18(16)15-26-20/h1-4,7,12,14,19-20,22,24,26,28H,5-6,8-11,13,15H2/t20-,22+/m0/s1. The molecule has 4 rings (SSSR count). The number of piperidine rings is 1. The van der Waals surface area contributed by atoms with E-state index in [1.54, 1.807) is 18.3 Å². The highest BCUT2D eigenvalue weighted by Crippen LogP contribution is 2.21. The number of benzene rings is 1. The van der Waals surface area contributed by atoms with E-state index in [9.17, 15) is 9.90 Å². The third-order valence-electron chi connectivity index (χ3n) is 5.87. The molecule has 1 aromatic heterocycles. The Morgan fingerprint density at radius 1 is 1.21 bits per heavy atom. The van der Waals surface area contributed by atoms with Gasteiger partial charge in [-0.3, -0.25) is 4.79 Å². The lowest BCUT2D eigenvalue weighted by Gasteiger charge is -2.29. The Morgan fingerprint density at radius 2 is 2.00 bits per heavy atom. The van der Waals surface area contributed by atoms with E-state index in [0.717, 1.165) is 38.9 Å². The minimum absolute atomic E-state index is 0.0119. The molecule has 0 bridgehead atoms. The molecule has 0 unspecified atom stereocenters. The molecule has 2 atom stereocenters. The third kappa shape index (κ3) is 5.21. The van der Waals surface area contributed by atoms with Crippen molar-refractivity contribution in [2.75, 3.05) is 13.1 Å². The first-order chi connectivity index (χ1) is 14.2. The van der Waals surface area contributed by atoms with E-state index in [1.165, 1.54) is 11.1 Å². The van der Waals surface area contributed by atoms with Crippen LogP contribution in [0.25, 0.3) is 0 Å². The number of carbonyl (C=O) groups excluding carboxylic acids is 1. The van der Waals surface area contributed by atoms with Crippen LogP contribution in [0.2, 0.25) is 0 Å². The van der Waals surface area contributed by atoms with Crippen LogP contribution >= 0.6 is 0 Å². The monoisotopic (exact) mass is 395 g/mol. The minimum atomic E-state index is -0.556. The van der Waals surface area contributed by atoms with E-state index < -0.39 is 6.10 Å². The number of nitrogens with one attached hydrogen (secondary N) is 2. The summed E-state index contributed by atoms with van der Waals surface area (Å²) in [5.41, 5.74) is 3.15. The summed E-state index contributed by atoms with van der Waals surface area (Å²) in [7, 11) is 0. The van der Waals surface area contributed by atoms with Gasteiger partial charge in [-0.2, -0.15) is 0 Å². The normalized spacial score (nSPS) is 20.7. The molecule has 2 aliphatic heterocycles. The number of aliphatic hydroxyl groups is 1. The second kappa shape index (κ2) is 9.48. The number of fused-ring (bicyclic) bond motifs is 1. The SMILES string of the molecule is O=C(CC[C@@H](O)[C@@H]1Cc2ccccc2CN1)c1ccnc(OC2CCNCC2)c1. The number of hydrogen-bond acceptors (Lipinski definition) is 6. The van der Waals surface area contributed by atoms with Crippen molar-refractivity contribution in [2.45, 2.75) is 56.9 Å². The Bertz CT molecular complexity index is 836. The fourth-order valence-corrected chi connectivity index (χ4v) is 4.11. The molecule has 1 fully saturated rings. The number of Topliss-reactive ketones (excluding diaryl/α,β-unsaturated/α-hetero) is 1. The van der Waals surface area contributed by atoms with Crippen molar-refractivity contribution >= 4 is 5.78 Å². The molecule has 3 N–H and O–H groups in total. The van der Waals surface area contributed by atoms with Crippen LogP contribution in [0.5, 0.6) is 5.88 Å². The Labute approximate surface area is 171 Å². The molecule has 0 saturated carbocycles. The molecule has 3 heterocycles. The maximum absolute atomic E-state index is 12.6. The largest absolute Gasteiger partial charge is 0.474 e. The number of pyridine rings is 1. The van der Waals surface area contributed by atoms with Crippen molar-refractivity contribution in [1.82, 2.24) is 15.6 Å². The number of ether oxygens (including phenoxy) is 1. The van der Waals surface area contributed by atoms with Gasteiger partial charge in [0.15, 0.2) is 5.78 Å². The highest BCUT2D eigenvalue weighted by atomic mass is 16.5. The van der Waals surface area contributed by atoms with Crippen LogP contribution in [0.1, 0.15) is 47.2 Å². The Balaban J connectivity index is 1.30. The van der Waals surface area contributed by atoms with E-state index in [-0.39, 0.29) is 17.9 Å². The van der Waals surface area contributed by atoms with Crippen LogP contribution in [0.15, 0.2) is 42.6 Å². The smallest absolute Gasteiger partial charge is 0.214 e. The number of hydrogen-bond donors (Lipinski definition) is 3. The van der Waals surface area contributed by atoms with Gasteiger partial charge in [-0.15, -0.1) is 0 Å². The Morgan fingerprint density at radius 3 is 2.83 bits per heavy atom. The van der Waals surface area contributed by atoms with Gasteiger partial charge in [-0.05, 0) is 56.0 Å². The molecule has 6 nitrogen and oxygen atoms in total. The van der Waals surface area contributed by atoms with Crippen LogP contribution in [-0.2, 0) is 13.0 Å². The fraction of sp³-hybridized carbons (Fsp3) is 0.478. The van der Waals surface area contributed by atoms with Crippen LogP contribution in [0, 0.1) is 0 Å². The number of rotatable bonds is 7. The van der Waals surface area contributed by atoms with Gasteiger partial charge in [0.25, 0.3) is 0 Å². The summed E-state index contributed by atoms with van der Waals surface area (Å²) < 4.78 is 5.94. The van der Waals surface area contributed by atoms with Crippen molar-refractivity contribution in [3.8, 4) is 5.88 Å². The molecule has 1 saturated heterocycles. The number of carbonyl (C=O) groups is 1. The van der Waals surface area contributed by atoms with Gasteiger partial charge >= 0.3 is 0 Å². The van der Waals surface area contributed by atoms with Gasteiger partial charge in [-0.25, -0.2) is 4.98 Å². The van der Waals surface area contributed by atoms with Gasteiger partial charge in [0, 0.05) is 36.8 Å². The average molecular weight is 396 g/mol. The highest BCUT2D eigenvalue weighted by Gasteiger charge is 2.25. The van der Waals surface area contributed by atoms with Crippen molar-refractivity contribution in [2.24, 2.45) is 0 Å². The molecule has 0 aliphatic carbocycles. The fourth-order valence-electron chi connectivity index (χ4n) is 4.11. The molecule has 0 spiro atoms. The molecular weight excluding hydrogens is 366 g/mol. The summed E-state index contributed by atoms with van der Waals surface area (Å²) in [5, 5.41) is 17.3. The first kappa shape index (κ1) is 20.0. The van der Waals surface area contributed by atoms with E-state index in [2.05, 4.69) is 27.8 Å². The Kier molecular flexibility index (Phi) is 6.54. The van der Waals surface area contributed by atoms with E-state index >= 15 is 0 Å². The summed E-state index contributed by atoms with van der Waals surface area (Å²) >= 11 is 0. The van der Waals surface area contributed by atoms with Crippen LogP contribution < -0.4 is 15.4 Å². The first-order valence-corrected chi connectivity index (χ1v) is 10.5. The molecule has 0 radical (unpaired) electrons.